The lowest BCUT2D eigenvalue weighted by atomic mass is 10.0. The molecule has 1 saturated heterocycles. The molecule has 0 spiro atoms. The molecule has 0 N–H and O–H groups in total. The van der Waals surface area contributed by atoms with Crippen molar-refractivity contribution in [2.75, 3.05) is 13.3 Å². The lowest BCUT2D eigenvalue weighted by Gasteiger charge is -2.24. The quantitative estimate of drug-likeness (QED) is 0.642. The number of amides is 1. The number of benzene rings is 2. The zero-order valence-electron chi connectivity index (χ0n) is 14.9. The van der Waals surface area contributed by atoms with Crippen molar-refractivity contribution in [1.29, 1.82) is 0 Å². The first kappa shape index (κ1) is 17.1. The van der Waals surface area contributed by atoms with E-state index in [2.05, 4.69) is 5.16 Å². The number of rotatable bonds is 3. The molecular weight excluding hydrogens is 380 g/mol. The highest BCUT2D eigenvalue weighted by Crippen LogP contribution is 2.37. The van der Waals surface area contributed by atoms with Crippen molar-refractivity contribution >= 4 is 17.5 Å². The van der Waals surface area contributed by atoms with Crippen molar-refractivity contribution in [1.82, 2.24) is 10.1 Å². The van der Waals surface area contributed by atoms with E-state index < -0.39 is 0 Å². The van der Waals surface area contributed by atoms with Gasteiger partial charge in [-0.15, -0.1) is 0 Å². The highest BCUT2D eigenvalue weighted by atomic mass is 35.5. The summed E-state index contributed by atoms with van der Waals surface area (Å²) in [5.74, 6) is 1.74. The summed E-state index contributed by atoms with van der Waals surface area (Å²) >= 11 is 5.99. The minimum absolute atomic E-state index is 0.0236. The van der Waals surface area contributed by atoms with Gasteiger partial charge >= 0.3 is 0 Å². The van der Waals surface area contributed by atoms with Crippen molar-refractivity contribution < 1.29 is 18.8 Å². The Balaban J connectivity index is 1.39. The molecule has 2 aromatic carbocycles. The molecule has 1 aromatic heterocycles. The molecule has 2 aliphatic rings. The van der Waals surface area contributed by atoms with Gasteiger partial charge in [-0.3, -0.25) is 4.79 Å². The molecule has 0 bridgehead atoms. The Morgan fingerprint density at radius 2 is 1.89 bits per heavy atom. The Bertz CT molecular complexity index is 1030. The van der Waals surface area contributed by atoms with Crippen LogP contribution in [0.2, 0.25) is 5.02 Å². The van der Waals surface area contributed by atoms with Gasteiger partial charge in [0, 0.05) is 23.2 Å². The number of aromatic nitrogens is 1. The van der Waals surface area contributed by atoms with Crippen LogP contribution in [-0.2, 0) is 0 Å². The van der Waals surface area contributed by atoms with Crippen LogP contribution in [0.3, 0.4) is 0 Å². The first-order chi connectivity index (χ1) is 13.7. The molecule has 1 fully saturated rings. The fraction of sp³-hybridized carbons (Fsp3) is 0.238. The summed E-state index contributed by atoms with van der Waals surface area (Å²) in [6, 6.07) is 14.8. The van der Waals surface area contributed by atoms with E-state index >= 15 is 0 Å². The normalized spacial score (nSPS) is 17.9. The maximum Gasteiger partial charge on any atom is 0.276 e. The number of nitrogens with zero attached hydrogens (tertiary/aromatic N) is 2. The highest BCUT2D eigenvalue weighted by molar-refractivity contribution is 6.30. The van der Waals surface area contributed by atoms with Crippen LogP contribution in [0.1, 0.15) is 34.9 Å². The lowest BCUT2D eigenvalue weighted by molar-refractivity contribution is 0.0725. The zero-order valence-corrected chi connectivity index (χ0v) is 15.7. The van der Waals surface area contributed by atoms with Crippen LogP contribution in [0.25, 0.3) is 11.3 Å². The second-order valence-corrected chi connectivity index (χ2v) is 7.29. The van der Waals surface area contributed by atoms with Crippen LogP contribution in [-0.4, -0.2) is 29.3 Å². The van der Waals surface area contributed by atoms with Crippen molar-refractivity contribution in [3.8, 4) is 22.8 Å². The number of carbonyl (C=O) groups excluding carboxylic acids is 1. The largest absolute Gasteiger partial charge is 0.454 e. The van der Waals surface area contributed by atoms with Gasteiger partial charge in [0.15, 0.2) is 23.0 Å². The van der Waals surface area contributed by atoms with E-state index in [9.17, 15) is 4.79 Å². The van der Waals surface area contributed by atoms with Crippen molar-refractivity contribution in [2.45, 2.75) is 18.9 Å². The molecule has 7 heteroatoms. The molecule has 1 unspecified atom stereocenters. The minimum atomic E-state index is -0.131. The van der Waals surface area contributed by atoms with E-state index in [0.29, 0.717) is 34.5 Å². The summed E-state index contributed by atoms with van der Waals surface area (Å²) in [5, 5.41) is 4.70. The third-order valence-corrected chi connectivity index (χ3v) is 5.41. The molecule has 3 aromatic rings. The van der Waals surface area contributed by atoms with Gasteiger partial charge in [0.2, 0.25) is 6.79 Å². The van der Waals surface area contributed by atoms with E-state index in [1.807, 2.05) is 47.4 Å². The molecular formula is C21H17ClN2O4. The molecule has 0 aliphatic carbocycles. The molecule has 3 heterocycles. The van der Waals surface area contributed by atoms with E-state index in [0.717, 1.165) is 24.0 Å². The minimum Gasteiger partial charge on any atom is -0.454 e. The number of ether oxygens (including phenoxy) is 2. The molecule has 5 rings (SSSR count). The monoisotopic (exact) mass is 396 g/mol. The van der Waals surface area contributed by atoms with E-state index in [-0.39, 0.29) is 18.7 Å². The van der Waals surface area contributed by atoms with Crippen LogP contribution in [0.4, 0.5) is 0 Å². The smallest absolute Gasteiger partial charge is 0.276 e. The second kappa shape index (κ2) is 6.87. The van der Waals surface area contributed by atoms with Crippen molar-refractivity contribution in [3.05, 3.63) is 64.8 Å². The van der Waals surface area contributed by atoms with Crippen LogP contribution in [0, 0.1) is 0 Å². The SMILES string of the molecule is O=C(c1cc(-c2ccc3c(c2)OCO3)on1)N1CCCC1c1ccc(Cl)cc1. The van der Waals surface area contributed by atoms with Gasteiger partial charge < -0.3 is 18.9 Å². The molecule has 0 saturated carbocycles. The lowest BCUT2D eigenvalue weighted by Crippen LogP contribution is -2.30. The van der Waals surface area contributed by atoms with Gasteiger partial charge in [0.1, 0.15) is 0 Å². The van der Waals surface area contributed by atoms with Crippen LogP contribution >= 0.6 is 11.6 Å². The maximum atomic E-state index is 13.1. The molecule has 2 aliphatic heterocycles. The number of likely N-dealkylation sites (tertiary alicyclic amines) is 1. The van der Waals surface area contributed by atoms with Gasteiger partial charge in [0.05, 0.1) is 6.04 Å². The zero-order chi connectivity index (χ0) is 19.1. The molecule has 0 radical (unpaired) electrons. The summed E-state index contributed by atoms with van der Waals surface area (Å²) in [5.41, 5.74) is 2.16. The van der Waals surface area contributed by atoms with Gasteiger partial charge in [-0.1, -0.05) is 28.9 Å². The molecule has 142 valence electrons. The second-order valence-electron chi connectivity index (χ2n) is 6.85. The fourth-order valence-corrected chi connectivity index (χ4v) is 3.88. The topological polar surface area (TPSA) is 64.8 Å². The predicted octanol–water partition coefficient (Wildman–Crippen LogP) is 4.70. The third kappa shape index (κ3) is 2.99. The highest BCUT2D eigenvalue weighted by Gasteiger charge is 2.32. The van der Waals surface area contributed by atoms with Crippen molar-refractivity contribution in [2.24, 2.45) is 0 Å². The Hall–Kier alpha value is -2.99. The van der Waals surface area contributed by atoms with E-state index in [1.54, 1.807) is 6.07 Å². The number of hydrogen-bond donors (Lipinski definition) is 0. The molecule has 1 atom stereocenters. The van der Waals surface area contributed by atoms with Gasteiger partial charge in [-0.05, 0) is 48.7 Å². The predicted molar refractivity (Wildman–Crippen MR) is 103 cm³/mol. The molecule has 28 heavy (non-hydrogen) atoms. The van der Waals surface area contributed by atoms with E-state index in [1.165, 1.54) is 0 Å². The van der Waals surface area contributed by atoms with Crippen LogP contribution in [0.15, 0.2) is 53.1 Å². The Labute approximate surface area is 166 Å². The fourth-order valence-electron chi connectivity index (χ4n) is 3.75. The Morgan fingerprint density at radius 3 is 2.75 bits per heavy atom. The van der Waals surface area contributed by atoms with Crippen LogP contribution in [0.5, 0.6) is 11.5 Å². The first-order valence-corrected chi connectivity index (χ1v) is 9.50. The van der Waals surface area contributed by atoms with Crippen LogP contribution < -0.4 is 9.47 Å². The van der Waals surface area contributed by atoms with Crippen molar-refractivity contribution in [3.63, 3.8) is 0 Å². The summed E-state index contributed by atoms with van der Waals surface area (Å²) in [7, 11) is 0. The number of fused-ring (bicyclic) bond motifs is 1. The number of hydrogen-bond acceptors (Lipinski definition) is 5. The summed E-state index contributed by atoms with van der Waals surface area (Å²) < 4.78 is 16.2. The summed E-state index contributed by atoms with van der Waals surface area (Å²) in [4.78, 5) is 14.9. The summed E-state index contributed by atoms with van der Waals surface area (Å²) in [6.45, 7) is 0.901. The average molecular weight is 397 g/mol. The van der Waals surface area contributed by atoms with Gasteiger partial charge in [-0.2, -0.15) is 0 Å². The Kier molecular flexibility index (Phi) is 4.20. The third-order valence-electron chi connectivity index (χ3n) is 5.15. The summed E-state index contributed by atoms with van der Waals surface area (Å²) in [6.07, 6.45) is 1.87. The van der Waals surface area contributed by atoms with Gasteiger partial charge in [0.25, 0.3) is 5.91 Å². The number of halogens is 1. The van der Waals surface area contributed by atoms with Gasteiger partial charge in [-0.25, -0.2) is 0 Å². The molecule has 6 nitrogen and oxygen atoms in total. The number of carbonyl (C=O) groups is 1. The Morgan fingerprint density at radius 1 is 1.07 bits per heavy atom. The molecule has 1 amide bonds. The first-order valence-electron chi connectivity index (χ1n) is 9.12. The average Bonchev–Trinajstić information content (AvgIpc) is 3.47. The standard InChI is InChI=1S/C21H17ClN2O4/c22-15-6-3-13(4-7-15)17-2-1-9-24(17)21(25)16-11-19(28-23-16)14-5-8-18-20(10-14)27-12-26-18/h3-8,10-11,17H,1-2,9,12H2. The maximum absolute atomic E-state index is 13.1. The van der Waals surface area contributed by atoms with E-state index in [4.69, 9.17) is 25.6 Å².